The van der Waals surface area contributed by atoms with E-state index in [1.165, 1.54) is 29.0 Å². The van der Waals surface area contributed by atoms with Gasteiger partial charge in [0.05, 0.1) is 17.9 Å². The van der Waals surface area contributed by atoms with Gasteiger partial charge in [-0.1, -0.05) is 6.07 Å². The summed E-state index contributed by atoms with van der Waals surface area (Å²) in [5, 5.41) is 7.15. The van der Waals surface area contributed by atoms with E-state index in [1.54, 1.807) is 23.0 Å². The first-order chi connectivity index (χ1) is 13.3. The highest BCUT2D eigenvalue weighted by Gasteiger charge is 2.16. The second-order valence-electron chi connectivity index (χ2n) is 6.42. The number of amides is 1. The van der Waals surface area contributed by atoms with Crippen molar-refractivity contribution in [3.63, 3.8) is 0 Å². The molecule has 1 atom stereocenters. The summed E-state index contributed by atoms with van der Waals surface area (Å²) in [5.74, 6) is -0.601. The van der Waals surface area contributed by atoms with E-state index < -0.39 is 11.2 Å². The van der Waals surface area contributed by atoms with Crippen molar-refractivity contribution < 1.29 is 9.18 Å². The maximum absolute atomic E-state index is 13.5. The maximum Gasteiger partial charge on any atom is 0.328 e. The second kappa shape index (κ2) is 8.03. The van der Waals surface area contributed by atoms with Gasteiger partial charge >= 0.3 is 5.69 Å². The van der Waals surface area contributed by atoms with Crippen LogP contribution in [0.4, 0.5) is 4.39 Å². The van der Waals surface area contributed by atoms with Crippen molar-refractivity contribution in [2.75, 3.05) is 0 Å². The molecule has 1 aromatic carbocycles. The molecule has 0 radical (unpaired) electrons. The minimum Gasteiger partial charge on any atom is -0.349 e. The number of carbonyl (C=O) groups excluding carboxylic acids is 1. The van der Waals surface area contributed by atoms with Crippen LogP contribution in [0.25, 0.3) is 5.69 Å². The van der Waals surface area contributed by atoms with E-state index in [4.69, 9.17) is 0 Å². The number of rotatable bonds is 6. The number of aromatic amines is 1. The van der Waals surface area contributed by atoms with Crippen LogP contribution in [-0.4, -0.2) is 25.2 Å². The third kappa shape index (κ3) is 4.25. The summed E-state index contributed by atoms with van der Waals surface area (Å²) in [6.45, 7) is 3.81. The summed E-state index contributed by atoms with van der Waals surface area (Å²) < 4.78 is 16.3. The van der Waals surface area contributed by atoms with Crippen molar-refractivity contribution in [3.05, 3.63) is 80.6 Å². The normalized spacial score (nSPS) is 12.0. The van der Waals surface area contributed by atoms with Gasteiger partial charge in [-0.2, -0.15) is 5.10 Å². The number of H-pyrrole nitrogens is 1. The fourth-order valence-electron chi connectivity index (χ4n) is 2.95. The molecule has 0 saturated heterocycles. The molecule has 0 spiro atoms. The summed E-state index contributed by atoms with van der Waals surface area (Å²) in [4.78, 5) is 37.1. The Morgan fingerprint density at radius 1 is 1.32 bits per heavy atom. The van der Waals surface area contributed by atoms with Gasteiger partial charge in [-0.25, -0.2) is 13.9 Å². The van der Waals surface area contributed by atoms with Gasteiger partial charge in [0.1, 0.15) is 5.82 Å². The largest absolute Gasteiger partial charge is 0.349 e. The van der Waals surface area contributed by atoms with Crippen molar-refractivity contribution in [3.8, 4) is 5.69 Å². The molecule has 0 aliphatic carbocycles. The number of nitrogens with one attached hydrogen (secondary N) is 2. The first-order valence-corrected chi connectivity index (χ1v) is 8.75. The highest BCUT2D eigenvalue weighted by atomic mass is 19.1. The number of benzene rings is 1. The van der Waals surface area contributed by atoms with E-state index in [0.717, 1.165) is 11.3 Å². The molecule has 2 N–H and O–H groups in total. The Hall–Kier alpha value is -3.49. The van der Waals surface area contributed by atoms with Crippen LogP contribution < -0.4 is 16.6 Å². The number of hydrogen-bond acceptors (Lipinski definition) is 4. The molecule has 9 heteroatoms. The van der Waals surface area contributed by atoms with E-state index in [0.29, 0.717) is 5.69 Å². The number of aryl methyl sites for hydroxylation is 1. The Labute approximate surface area is 159 Å². The molecule has 3 aromatic rings. The summed E-state index contributed by atoms with van der Waals surface area (Å²) in [7, 11) is 0. The fourth-order valence-corrected chi connectivity index (χ4v) is 2.95. The van der Waals surface area contributed by atoms with E-state index in [1.807, 2.05) is 13.8 Å². The summed E-state index contributed by atoms with van der Waals surface area (Å²) in [6.07, 6.45) is 3.07. The third-order valence-corrected chi connectivity index (χ3v) is 4.42. The molecular weight excluding hydrogens is 365 g/mol. The minimum absolute atomic E-state index is 0.0768. The lowest BCUT2D eigenvalue weighted by Crippen LogP contribution is -2.32. The van der Waals surface area contributed by atoms with E-state index in [9.17, 15) is 18.8 Å². The standard InChI is InChI=1S/C19H20FN5O3/c1-12(22-17(26)6-8-24-9-7-18(27)23-19(24)28)16-11-21-25(13(16)2)15-5-3-4-14(20)10-15/h3-5,7,9-12H,6,8H2,1-2H3,(H,22,26)(H,23,27,28)/t12-/m1/s1. The van der Waals surface area contributed by atoms with Gasteiger partial charge in [0, 0.05) is 36.5 Å². The first kappa shape index (κ1) is 19.3. The van der Waals surface area contributed by atoms with Gasteiger partial charge in [0.15, 0.2) is 0 Å². The Bertz CT molecular complexity index is 1110. The summed E-state index contributed by atoms with van der Waals surface area (Å²) in [5.41, 5.74) is 1.15. The molecule has 146 valence electrons. The van der Waals surface area contributed by atoms with Crippen LogP contribution in [0.3, 0.4) is 0 Å². The van der Waals surface area contributed by atoms with Gasteiger partial charge in [-0.15, -0.1) is 0 Å². The minimum atomic E-state index is -0.555. The van der Waals surface area contributed by atoms with Crippen LogP contribution in [-0.2, 0) is 11.3 Å². The predicted molar refractivity (Wildman–Crippen MR) is 101 cm³/mol. The highest BCUT2D eigenvalue weighted by Crippen LogP contribution is 2.20. The van der Waals surface area contributed by atoms with Crippen LogP contribution in [0.15, 0.2) is 52.3 Å². The molecule has 0 aliphatic heterocycles. The van der Waals surface area contributed by atoms with Gasteiger partial charge in [0.2, 0.25) is 5.91 Å². The van der Waals surface area contributed by atoms with Gasteiger partial charge < -0.3 is 9.88 Å². The SMILES string of the molecule is Cc1c([C@@H](C)NC(=O)CCn2ccc(=O)[nH]c2=O)cnn1-c1cccc(F)c1. The molecule has 0 fully saturated rings. The van der Waals surface area contributed by atoms with Gasteiger partial charge in [-0.05, 0) is 32.0 Å². The average Bonchev–Trinajstić information content (AvgIpc) is 3.02. The number of nitrogens with zero attached hydrogens (tertiary/aromatic N) is 3. The van der Waals surface area contributed by atoms with Crippen molar-refractivity contribution in [1.29, 1.82) is 0 Å². The summed E-state index contributed by atoms with van der Waals surface area (Å²) >= 11 is 0. The Balaban J connectivity index is 1.66. The maximum atomic E-state index is 13.5. The molecule has 0 unspecified atom stereocenters. The van der Waals surface area contributed by atoms with Crippen molar-refractivity contribution in [1.82, 2.24) is 24.6 Å². The van der Waals surface area contributed by atoms with Crippen LogP contribution >= 0.6 is 0 Å². The molecule has 28 heavy (non-hydrogen) atoms. The third-order valence-electron chi connectivity index (χ3n) is 4.42. The van der Waals surface area contributed by atoms with Crippen LogP contribution in [0, 0.1) is 12.7 Å². The molecule has 0 saturated carbocycles. The zero-order chi connectivity index (χ0) is 20.3. The fraction of sp³-hybridized carbons (Fsp3) is 0.263. The first-order valence-electron chi connectivity index (χ1n) is 8.75. The Kier molecular flexibility index (Phi) is 5.53. The lowest BCUT2D eigenvalue weighted by molar-refractivity contribution is -0.121. The zero-order valence-electron chi connectivity index (χ0n) is 15.5. The Morgan fingerprint density at radius 3 is 2.82 bits per heavy atom. The number of carbonyl (C=O) groups is 1. The van der Waals surface area contributed by atoms with Crippen molar-refractivity contribution in [2.24, 2.45) is 0 Å². The lowest BCUT2D eigenvalue weighted by atomic mass is 10.1. The van der Waals surface area contributed by atoms with Gasteiger partial charge in [0.25, 0.3) is 5.56 Å². The molecule has 2 aromatic heterocycles. The second-order valence-corrected chi connectivity index (χ2v) is 6.42. The number of hydrogen-bond donors (Lipinski definition) is 2. The molecule has 3 rings (SSSR count). The monoisotopic (exact) mass is 385 g/mol. The zero-order valence-corrected chi connectivity index (χ0v) is 15.5. The lowest BCUT2D eigenvalue weighted by Gasteiger charge is -2.14. The quantitative estimate of drug-likeness (QED) is 0.670. The predicted octanol–water partition coefficient (Wildman–Crippen LogP) is 1.44. The number of halogens is 1. The molecule has 0 aliphatic rings. The van der Waals surface area contributed by atoms with Crippen LogP contribution in [0.5, 0.6) is 0 Å². The summed E-state index contributed by atoms with van der Waals surface area (Å²) in [6, 6.07) is 7.01. The van der Waals surface area contributed by atoms with E-state index in [2.05, 4.69) is 15.4 Å². The van der Waals surface area contributed by atoms with Crippen LogP contribution in [0.1, 0.15) is 30.6 Å². The molecule has 1 amide bonds. The Morgan fingerprint density at radius 2 is 2.11 bits per heavy atom. The molecule has 2 heterocycles. The molecular formula is C19H20FN5O3. The average molecular weight is 385 g/mol. The van der Waals surface area contributed by atoms with E-state index >= 15 is 0 Å². The van der Waals surface area contributed by atoms with Crippen LogP contribution in [0.2, 0.25) is 0 Å². The highest BCUT2D eigenvalue weighted by molar-refractivity contribution is 5.76. The van der Waals surface area contributed by atoms with Crippen molar-refractivity contribution in [2.45, 2.75) is 32.9 Å². The number of aromatic nitrogens is 4. The molecule has 0 bridgehead atoms. The van der Waals surface area contributed by atoms with Crippen molar-refractivity contribution >= 4 is 5.91 Å². The smallest absolute Gasteiger partial charge is 0.328 e. The van der Waals surface area contributed by atoms with E-state index in [-0.39, 0.29) is 30.7 Å². The molecule has 8 nitrogen and oxygen atoms in total. The topological polar surface area (TPSA) is 102 Å². The van der Waals surface area contributed by atoms with Gasteiger partial charge in [-0.3, -0.25) is 14.6 Å².